The number of carbonyl (C=O) groups is 3. The number of thioether (sulfide) groups is 1. The average Bonchev–Trinajstić information content (AvgIpc) is 2.99. The number of imide groups is 1. The van der Waals surface area contributed by atoms with Gasteiger partial charge in [-0.15, -0.1) is 0 Å². The first-order valence-corrected chi connectivity index (χ1v) is 10.9. The zero-order chi connectivity index (χ0) is 22.7. The molecule has 2 aromatic rings. The van der Waals surface area contributed by atoms with Gasteiger partial charge in [0.2, 0.25) is 0 Å². The van der Waals surface area contributed by atoms with Crippen LogP contribution >= 0.6 is 27.7 Å². The Hall–Kier alpha value is -2.78. The molecule has 0 bridgehead atoms. The van der Waals surface area contributed by atoms with E-state index in [0.29, 0.717) is 22.0 Å². The molecule has 0 atom stereocenters. The molecular weight excluding hydrogens is 484 g/mol. The van der Waals surface area contributed by atoms with E-state index in [0.717, 1.165) is 37.9 Å². The van der Waals surface area contributed by atoms with Crippen LogP contribution in [0.4, 0.5) is 10.5 Å². The summed E-state index contributed by atoms with van der Waals surface area (Å²) in [5.74, 6) is 0.159. The number of anilines is 1. The minimum atomic E-state index is -0.343. The average molecular weight is 505 g/mol. The van der Waals surface area contributed by atoms with E-state index in [-0.39, 0.29) is 23.7 Å². The molecule has 2 aromatic carbocycles. The molecule has 1 fully saturated rings. The summed E-state index contributed by atoms with van der Waals surface area (Å²) >= 11 is 4.35. The summed E-state index contributed by atoms with van der Waals surface area (Å²) < 4.78 is 12.0. The molecule has 9 heteroatoms. The van der Waals surface area contributed by atoms with Gasteiger partial charge in [-0.1, -0.05) is 22.0 Å². The predicted molar refractivity (Wildman–Crippen MR) is 124 cm³/mol. The van der Waals surface area contributed by atoms with Gasteiger partial charge in [-0.2, -0.15) is 0 Å². The summed E-state index contributed by atoms with van der Waals surface area (Å²) in [6.45, 7) is 3.71. The highest BCUT2D eigenvalue weighted by Gasteiger charge is 2.31. The van der Waals surface area contributed by atoms with Crippen LogP contribution in [0.2, 0.25) is 0 Å². The van der Waals surface area contributed by atoms with Crippen LogP contribution in [-0.2, 0) is 9.59 Å². The normalized spacial score (nSPS) is 14.9. The number of amides is 3. The Labute approximate surface area is 192 Å². The zero-order valence-corrected chi connectivity index (χ0v) is 19.8. The summed E-state index contributed by atoms with van der Waals surface area (Å²) in [6, 6.07) is 8.77. The van der Waals surface area contributed by atoms with Crippen molar-refractivity contribution in [2.75, 3.05) is 26.1 Å². The van der Waals surface area contributed by atoms with Gasteiger partial charge in [-0.3, -0.25) is 19.3 Å². The smallest absolute Gasteiger partial charge is 0.293 e. The van der Waals surface area contributed by atoms with Crippen molar-refractivity contribution in [1.82, 2.24) is 4.90 Å². The first-order chi connectivity index (χ1) is 14.7. The minimum Gasteiger partial charge on any atom is -0.493 e. The van der Waals surface area contributed by atoms with Gasteiger partial charge in [0.15, 0.2) is 18.1 Å². The first-order valence-electron chi connectivity index (χ1n) is 9.29. The minimum absolute atomic E-state index is 0.195. The maximum atomic E-state index is 12.4. The molecular formula is C22H21BrN2O5S. The maximum Gasteiger partial charge on any atom is 0.293 e. The molecule has 1 aliphatic rings. The van der Waals surface area contributed by atoms with E-state index in [2.05, 4.69) is 21.2 Å². The fourth-order valence-corrected chi connectivity index (χ4v) is 4.10. The summed E-state index contributed by atoms with van der Waals surface area (Å²) in [5, 5.41) is 2.53. The molecule has 1 N–H and O–H groups in total. The highest BCUT2D eigenvalue weighted by Crippen LogP contribution is 2.34. The van der Waals surface area contributed by atoms with E-state index in [9.17, 15) is 14.4 Å². The summed E-state index contributed by atoms with van der Waals surface area (Å²) in [5.41, 5.74) is 3.42. The van der Waals surface area contributed by atoms with E-state index in [1.165, 1.54) is 14.2 Å². The molecule has 3 rings (SSSR count). The van der Waals surface area contributed by atoms with Gasteiger partial charge in [0.25, 0.3) is 17.1 Å². The number of nitrogens with one attached hydrogen (secondary N) is 1. The van der Waals surface area contributed by atoms with Crippen LogP contribution < -0.4 is 14.8 Å². The molecule has 0 saturated carbocycles. The lowest BCUT2D eigenvalue weighted by atomic mass is 10.1. The van der Waals surface area contributed by atoms with Crippen LogP contribution in [0.15, 0.2) is 39.7 Å². The molecule has 7 nitrogen and oxygen atoms in total. The second-order valence-corrected chi connectivity index (χ2v) is 8.68. The third-order valence-electron chi connectivity index (χ3n) is 4.83. The Balaban J connectivity index is 1.68. The molecule has 0 aromatic heterocycles. The largest absolute Gasteiger partial charge is 0.493 e. The van der Waals surface area contributed by atoms with Crippen LogP contribution in [0.5, 0.6) is 11.5 Å². The van der Waals surface area contributed by atoms with E-state index < -0.39 is 0 Å². The standard InChI is InChI=1S/C22H21BrN2O5S/c1-12-13(2)16(7-6-15(12)23)24-20(26)11-30-17-8-5-14(9-18(17)29-4)10-19-21(27)25(3)22(28)31-19/h5-10H,11H2,1-4H3,(H,24,26)/b19-10+. The maximum absolute atomic E-state index is 12.4. The van der Waals surface area contributed by atoms with E-state index in [1.54, 1.807) is 24.3 Å². The van der Waals surface area contributed by atoms with Crippen molar-refractivity contribution in [3.63, 3.8) is 0 Å². The van der Waals surface area contributed by atoms with Crippen LogP contribution in [-0.4, -0.2) is 42.7 Å². The second kappa shape index (κ2) is 9.57. The van der Waals surface area contributed by atoms with Gasteiger partial charge in [0.05, 0.1) is 12.0 Å². The number of nitrogens with zero attached hydrogens (tertiary/aromatic N) is 1. The van der Waals surface area contributed by atoms with Crippen LogP contribution in [0.3, 0.4) is 0 Å². The van der Waals surface area contributed by atoms with Gasteiger partial charge in [-0.05, 0) is 72.6 Å². The van der Waals surface area contributed by atoms with Gasteiger partial charge in [0.1, 0.15) is 0 Å². The van der Waals surface area contributed by atoms with Crippen molar-refractivity contribution >= 4 is 56.5 Å². The van der Waals surface area contributed by atoms with Crippen LogP contribution in [0, 0.1) is 13.8 Å². The molecule has 0 spiro atoms. The number of carbonyl (C=O) groups excluding carboxylic acids is 3. The second-order valence-electron chi connectivity index (χ2n) is 6.83. The number of rotatable bonds is 6. The van der Waals surface area contributed by atoms with Crippen molar-refractivity contribution in [3.05, 3.63) is 56.4 Å². The predicted octanol–water partition coefficient (Wildman–Crippen LogP) is 4.76. The van der Waals surface area contributed by atoms with Crippen molar-refractivity contribution < 1.29 is 23.9 Å². The number of benzene rings is 2. The number of hydrogen-bond donors (Lipinski definition) is 1. The van der Waals surface area contributed by atoms with Crippen molar-refractivity contribution in [3.8, 4) is 11.5 Å². The van der Waals surface area contributed by atoms with Crippen molar-refractivity contribution in [2.45, 2.75) is 13.8 Å². The lowest BCUT2D eigenvalue weighted by molar-refractivity contribution is -0.121. The zero-order valence-electron chi connectivity index (χ0n) is 17.4. The van der Waals surface area contributed by atoms with E-state index in [1.807, 2.05) is 26.0 Å². The van der Waals surface area contributed by atoms with Gasteiger partial charge in [-0.25, -0.2) is 0 Å². The van der Waals surface area contributed by atoms with Crippen molar-refractivity contribution in [2.24, 2.45) is 0 Å². The molecule has 1 heterocycles. The van der Waals surface area contributed by atoms with Gasteiger partial charge >= 0.3 is 0 Å². The molecule has 0 unspecified atom stereocenters. The first kappa shape index (κ1) is 22.9. The topological polar surface area (TPSA) is 84.9 Å². The Bertz CT molecular complexity index is 1100. The van der Waals surface area contributed by atoms with E-state index in [4.69, 9.17) is 9.47 Å². The van der Waals surface area contributed by atoms with Gasteiger partial charge in [0, 0.05) is 17.2 Å². The van der Waals surface area contributed by atoms with Crippen LogP contribution in [0.25, 0.3) is 6.08 Å². The fourth-order valence-electron chi connectivity index (χ4n) is 2.84. The van der Waals surface area contributed by atoms with Crippen LogP contribution in [0.1, 0.15) is 16.7 Å². The van der Waals surface area contributed by atoms with E-state index >= 15 is 0 Å². The lowest BCUT2D eigenvalue weighted by Crippen LogP contribution is -2.22. The molecule has 1 saturated heterocycles. The Morgan fingerprint density at radius 3 is 2.55 bits per heavy atom. The molecule has 0 radical (unpaired) electrons. The SMILES string of the molecule is COc1cc(/C=C2/SC(=O)N(C)C2=O)ccc1OCC(=O)Nc1ccc(Br)c(C)c1C. The number of hydrogen-bond acceptors (Lipinski definition) is 6. The Kier molecular flexibility index (Phi) is 7.07. The van der Waals surface area contributed by atoms with Crippen molar-refractivity contribution in [1.29, 1.82) is 0 Å². The summed E-state index contributed by atoms with van der Waals surface area (Å²) in [6.07, 6.45) is 1.62. The highest BCUT2D eigenvalue weighted by atomic mass is 79.9. The number of likely N-dealkylation sites (N-methyl/N-ethyl adjacent to an activating group) is 1. The monoisotopic (exact) mass is 504 g/mol. The number of methoxy groups -OCH3 is 1. The van der Waals surface area contributed by atoms with Gasteiger partial charge < -0.3 is 14.8 Å². The molecule has 0 aliphatic carbocycles. The molecule has 3 amide bonds. The summed E-state index contributed by atoms with van der Waals surface area (Å²) in [4.78, 5) is 37.4. The molecule has 1 aliphatic heterocycles. The number of halogens is 1. The summed E-state index contributed by atoms with van der Waals surface area (Å²) in [7, 11) is 2.93. The number of ether oxygens (including phenoxy) is 2. The quantitative estimate of drug-likeness (QED) is 0.570. The Morgan fingerprint density at radius 1 is 1.16 bits per heavy atom. The fraction of sp³-hybridized carbons (Fsp3) is 0.227. The molecule has 162 valence electrons. The molecule has 31 heavy (non-hydrogen) atoms. The Morgan fingerprint density at radius 2 is 1.90 bits per heavy atom. The lowest BCUT2D eigenvalue weighted by Gasteiger charge is -2.14. The third-order valence-corrected chi connectivity index (χ3v) is 6.65. The highest BCUT2D eigenvalue weighted by molar-refractivity contribution is 9.10. The third kappa shape index (κ3) is 5.11.